The van der Waals surface area contributed by atoms with E-state index >= 15 is 0 Å². The monoisotopic (exact) mass is 341 g/mol. The topological polar surface area (TPSA) is 103 Å². The first kappa shape index (κ1) is 19.2. The Morgan fingerprint density at radius 3 is 2.57 bits per heavy atom. The molecule has 0 aliphatic rings. The zero-order valence-electron chi connectivity index (χ0n) is 13.9. The number of ketones is 1. The fourth-order valence-electron chi connectivity index (χ4n) is 2.13. The number of thiazole rings is 1. The highest BCUT2D eigenvalue weighted by Gasteiger charge is 2.27. The third kappa shape index (κ3) is 5.11. The molecular weight excluding hydrogens is 318 g/mol. The van der Waals surface area contributed by atoms with Crippen LogP contribution in [0.1, 0.15) is 47.5 Å². The van der Waals surface area contributed by atoms with Crippen LogP contribution in [0.4, 0.5) is 0 Å². The average molecular weight is 341 g/mol. The number of hydrogen-bond acceptors (Lipinski definition) is 7. The molecule has 1 aromatic rings. The molecule has 1 rings (SSSR count). The maximum Gasteiger partial charge on any atom is 0.357 e. The van der Waals surface area contributed by atoms with Crippen molar-refractivity contribution >= 4 is 29.0 Å². The van der Waals surface area contributed by atoms with Crippen LogP contribution in [0, 0.1) is 5.92 Å². The molecule has 0 aromatic carbocycles. The number of esters is 1. The molecule has 0 saturated heterocycles. The van der Waals surface area contributed by atoms with Crippen molar-refractivity contribution in [3.05, 3.63) is 16.1 Å². The molecule has 7 nitrogen and oxygen atoms in total. The summed E-state index contributed by atoms with van der Waals surface area (Å²) < 4.78 is 4.85. The van der Waals surface area contributed by atoms with E-state index in [2.05, 4.69) is 4.98 Å². The number of Topliss-reactive ketones (excluding diaryl/α,β-unsaturated/α-hetero) is 1. The highest BCUT2D eigenvalue weighted by atomic mass is 32.1. The van der Waals surface area contributed by atoms with Crippen molar-refractivity contribution in [2.45, 2.75) is 33.2 Å². The molecular formula is C15H23N3O4S. The molecule has 0 aliphatic heterocycles. The number of likely N-dealkylation sites (N-methyl/N-ethyl adjacent to an activating group) is 1. The minimum absolute atomic E-state index is 0.0870. The van der Waals surface area contributed by atoms with Gasteiger partial charge in [-0.25, -0.2) is 9.78 Å². The van der Waals surface area contributed by atoms with Gasteiger partial charge in [0.15, 0.2) is 16.5 Å². The maximum absolute atomic E-state index is 12.4. The number of amides is 1. The van der Waals surface area contributed by atoms with Gasteiger partial charge in [0, 0.05) is 24.9 Å². The second kappa shape index (κ2) is 8.73. The molecule has 1 heterocycles. The Morgan fingerprint density at radius 2 is 2.04 bits per heavy atom. The van der Waals surface area contributed by atoms with Crippen LogP contribution in [0.2, 0.25) is 0 Å². The second-order valence-corrected chi connectivity index (χ2v) is 6.26. The highest BCUT2D eigenvalue weighted by Crippen LogP contribution is 2.19. The van der Waals surface area contributed by atoms with Gasteiger partial charge in [-0.15, -0.1) is 11.3 Å². The maximum atomic E-state index is 12.4. The summed E-state index contributed by atoms with van der Waals surface area (Å²) in [6.45, 7) is 5.72. The molecule has 1 aromatic heterocycles. The summed E-state index contributed by atoms with van der Waals surface area (Å²) in [5.41, 5.74) is 5.51. The summed E-state index contributed by atoms with van der Waals surface area (Å²) in [4.78, 5) is 41.3. The number of aromatic nitrogens is 1. The van der Waals surface area contributed by atoms with Gasteiger partial charge in [0.2, 0.25) is 5.91 Å². The first-order valence-electron chi connectivity index (χ1n) is 7.43. The van der Waals surface area contributed by atoms with Gasteiger partial charge >= 0.3 is 5.97 Å². The van der Waals surface area contributed by atoms with E-state index in [4.69, 9.17) is 10.5 Å². The lowest BCUT2D eigenvalue weighted by Crippen LogP contribution is -2.44. The zero-order valence-corrected chi connectivity index (χ0v) is 14.7. The van der Waals surface area contributed by atoms with Crippen molar-refractivity contribution in [2.24, 2.45) is 11.7 Å². The van der Waals surface area contributed by atoms with Gasteiger partial charge in [-0.05, 0) is 12.8 Å². The summed E-state index contributed by atoms with van der Waals surface area (Å²) >= 11 is 1.10. The third-order valence-corrected chi connectivity index (χ3v) is 4.34. The molecule has 0 aliphatic carbocycles. The lowest BCUT2D eigenvalue weighted by atomic mass is 9.97. The van der Waals surface area contributed by atoms with Crippen LogP contribution in [0.15, 0.2) is 5.38 Å². The SMILES string of the molecule is CCOC(=O)c1csc(C(=O)CC(C(C)C)N(C)C(=O)CN)n1. The van der Waals surface area contributed by atoms with Gasteiger partial charge in [-0.2, -0.15) is 0 Å². The van der Waals surface area contributed by atoms with Crippen LogP contribution in [0.5, 0.6) is 0 Å². The highest BCUT2D eigenvalue weighted by molar-refractivity contribution is 7.11. The van der Waals surface area contributed by atoms with Gasteiger partial charge in [0.1, 0.15) is 0 Å². The van der Waals surface area contributed by atoms with Crippen LogP contribution in [-0.2, 0) is 9.53 Å². The first-order chi connectivity index (χ1) is 10.8. The number of nitrogens with zero attached hydrogens (tertiary/aromatic N) is 2. The quantitative estimate of drug-likeness (QED) is 0.565. The zero-order chi connectivity index (χ0) is 17.6. The van der Waals surface area contributed by atoms with Gasteiger partial charge < -0.3 is 15.4 Å². The van der Waals surface area contributed by atoms with Crippen LogP contribution in [-0.4, -0.2) is 53.8 Å². The molecule has 0 spiro atoms. The Labute approximate surface area is 139 Å². The molecule has 0 bridgehead atoms. The minimum atomic E-state index is -0.543. The van der Waals surface area contributed by atoms with Crippen LogP contribution in [0.3, 0.4) is 0 Å². The molecule has 128 valence electrons. The second-order valence-electron chi connectivity index (χ2n) is 5.41. The average Bonchev–Trinajstić information content (AvgIpc) is 3.01. The summed E-state index contributed by atoms with van der Waals surface area (Å²) in [7, 11) is 1.64. The Balaban J connectivity index is 2.83. The third-order valence-electron chi connectivity index (χ3n) is 3.46. The van der Waals surface area contributed by atoms with Gasteiger partial charge in [0.05, 0.1) is 13.2 Å². The molecule has 0 fully saturated rings. The van der Waals surface area contributed by atoms with Crippen molar-refractivity contribution in [1.29, 1.82) is 0 Å². The van der Waals surface area contributed by atoms with E-state index in [1.54, 1.807) is 14.0 Å². The van der Waals surface area contributed by atoms with E-state index in [9.17, 15) is 14.4 Å². The van der Waals surface area contributed by atoms with Crippen molar-refractivity contribution in [2.75, 3.05) is 20.2 Å². The van der Waals surface area contributed by atoms with Crippen LogP contribution in [0.25, 0.3) is 0 Å². The van der Waals surface area contributed by atoms with E-state index in [-0.39, 0.29) is 53.9 Å². The molecule has 0 saturated carbocycles. The van der Waals surface area contributed by atoms with Crippen LogP contribution >= 0.6 is 11.3 Å². The van der Waals surface area contributed by atoms with E-state index in [0.29, 0.717) is 0 Å². The molecule has 23 heavy (non-hydrogen) atoms. The van der Waals surface area contributed by atoms with E-state index in [1.165, 1.54) is 10.3 Å². The van der Waals surface area contributed by atoms with Gasteiger partial charge in [0.25, 0.3) is 0 Å². The fraction of sp³-hybridized carbons (Fsp3) is 0.600. The van der Waals surface area contributed by atoms with E-state index in [0.717, 1.165) is 11.3 Å². The summed E-state index contributed by atoms with van der Waals surface area (Å²) in [5, 5.41) is 1.75. The van der Waals surface area contributed by atoms with Crippen molar-refractivity contribution in [1.82, 2.24) is 9.88 Å². The number of hydrogen-bond donors (Lipinski definition) is 1. The molecule has 8 heteroatoms. The summed E-state index contributed by atoms with van der Waals surface area (Å²) in [5.74, 6) is -0.883. The number of rotatable bonds is 8. The summed E-state index contributed by atoms with van der Waals surface area (Å²) in [6, 6.07) is -0.270. The molecule has 1 unspecified atom stereocenters. The predicted molar refractivity (Wildman–Crippen MR) is 87.5 cm³/mol. The number of nitrogens with two attached hydrogens (primary N) is 1. The Hall–Kier alpha value is -1.80. The van der Waals surface area contributed by atoms with Crippen molar-refractivity contribution in [3.63, 3.8) is 0 Å². The smallest absolute Gasteiger partial charge is 0.357 e. The Morgan fingerprint density at radius 1 is 1.39 bits per heavy atom. The van der Waals surface area contributed by atoms with Crippen LogP contribution < -0.4 is 5.73 Å². The minimum Gasteiger partial charge on any atom is -0.461 e. The van der Waals surface area contributed by atoms with Crippen molar-refractivity contribution < 1.29 is 19.1 Å². The molecule has 2 N–H and O–H groups in total. The number of carbonyl (C=O) groups is 3. The number of ether oxygens (including phenoxy) is 1. The summed E-state index contributed by atoms with van der Waals surface area (Å²) in [6.07, 6.45) is 0.135. The fourth-order valence-corrected chi connectivity index (χ4v) is 2.86. The largest absolute Gasteiger partial charge is 0.461 e. The molecule has 0 radical (unpaired) electrons. The standard InChI is InChI=1S/C15H23N3O4S/c1-5-22-15(21)10-8-23-14(17-10)12(19)6-11(9(2)3)18(4)13(20)7-16/h8-9,11H,5-7,16H2,1-4H3. The Kier molecular flexibility index (Phi) is 7.31. The lowest BCUT2D eigenvalue weighted by Gasteiger charge is -2.30. The van der Waals surface area contributed by atoms with E-state index < -0.39 is 5.97 Å². The number of carbonyl (C=O) groups excluding carboxylic acids is 3. The van der Waals surface area contributed by atoms with E-state index in [1.807, 2.05) is 13.8 Å². The first-order valence-corrected chi connectivity index (χ1v) is 8.31. The molecule has 1 atom stereocenters. The van der Waals surface area contributed by atoms with Gasteiger partial charge in [-0.1, -0.05) is 13.8 Å². The van der Waals surface area contributed by atoms with Crippen molar-refractivity contribution in [3.8, 4) is 0 Å². The molecule has 1 amide bonds. The normalized spacial score (nSPS) is 12.1. The predicted octanol–water partition coefficient (Wildman–Crippen LogP) is 1.33. The van der Waals surface area contributed by atoms with Gasteiger partial charge in [-0.3, -0.25) is 9.59 Å². The Bertz CT molecular complexity index is 571. The lowest BCUT2D eigenvalue weighted by molar-refractivity contribution is -0.131.